The van der Waals surface area contributed by atoms with Gasteiger partial charge in [-0.1, -0.05) is 18.2 Å². The number of aromatic nitrogens is 1. The van der Waals surface area contributed by atoms with E-state index in [0.717, 1.165) is 5.56 Å². The molecule has 256 valence electrons. The van der Waals surface area contributed by atoms with Crippen molar-refractivity contribution in [2.24, 2.45) is 5.41 Å². The summed E-state index contributed by atoms with van der Waals surface area (Å²) in [5, 5.41) is 0.507. The number of para-hydroxylation sites is 1. The summed E-state index contributed by atoms with van der Waals surface area (Å²) in [6.07, 6.45) is 3.20. The number of ketones is 1. The molecule has 1 spiro atoms. The van der Waals surface area contributed by atoms with Gasteiger partial charge < -0.3 is 33.0 Å². The third-order valence-corrected chi connectivity index (χ3v) is 10.5. The molecule has 1 aromatic carbocycles. The van der Waals surface area contributed by atoms with Crippen molar-refractivity contribution in [3.05, 3.63) is 53.4 Å². The van der Waals surface area contributed by atoms with Crippen molar-refractivity contribution in [3.63, 3.8) is 0 Å². The van der Waals surface area contributed by atoms with Gasteiger partial charge in [0.2, 0.25) is 11.8 Å². The minimum atomic E-state index is -1.42. The van der Waals surface area contributed by atoms with Crippen LogP contribution < -0.4 is 9.64 Å². The molecule has 3 aliphatic heterocycles. The van der Waals surface area contributed by atoms with E-state index < -0.39 is 30.2 Å². The number of esters is 1. The van der Waals surface area contributed by atoms with Crippen LogP contribution in [-0.4, -0.2) is 92.9 Å². The lowest BCUT2D eigenvalue weighted by Gasteiger charge is -2.45. The highest BCUT2D eigenvalue weighted by molar-refractivity contribution is 7.20. The highest BCUT2D eigenvalue weighted by Gasteiger charge is 2.56. The smallest absolute Gasteiger partial charge is 0.410 e. The van der Waals surface area contributed by atoms with Gasteiger partial charge in [0.1, 0.15) is 28.5 Å². The summed E-state index contributed by atoms with van der Waals surface area (Å²) in [6.45, 7) is 4.61. The van der Waals surface area contributed by atoms with Gasteiger partial charge in [0.25, 0.3) is 0 Å². The van der Waals surface area contributed by atoms with E-state index in [1.54, 1.807) is 18.9 Å². The maximum atomic E-state index is 14.8. The molecule has 0 aliphatic carbocycles. The first-order valence-electron chi connectivity index (χ1n) is 16.1. The molecule has 1 atom stereocenters. The Kier molecular flexibility index (Phi) is 10.1. The first kappa shape index (κ1) is 33.6. The SMILES string of the molecule is CCOC(=O)COC(=O)N1CCC2(CC1)C(=O)c1c(sc(-c3ncco3)c1C)N(C[C@H](OC1CCOCC1)c1ccccc1OC)C2=O. The van der Waals surface area contributed by atoms with E-state index in [1.807, 2.05) is 31.2 Å². The second-order valence-electron chi connectivity index (χ2n) is 11.9. The van der Waals surface area contributed by atoms with E-state index in [4.69, 9.17) is 28.1 Å². The molecular formula is C34H39N3O10S. The maximum absolute atomic E-state index is 14.8. The fourth-order valence-electron chi connectivity index (χ4n) is 6.63. The standard InChI is InChI=1S/C34H39N3O10S/c1-4-44-26(38)20-46-33(41)36-14-11-34(12-15-36)29(39)27-21(2)28(30-35-13-18-45-30)48-31(27)37(32(34)40)19-25(47-22-9-16-43-17-10-22)23-7-5-6-8-24(23)42-3/h5-8,13,18,22,25H,4,9-12,14-17,19-20H2,1-3H3/t25-/m0/s1. The quantitative estimate of drug-likeness (QED) is 0.211. The monoisotopic (exact) mass is 681 g/mol. The van der Waals surface area contributed by atoms with Crippen molar-refractivity contribution >= 4 is 40.1 Å². The summed E-state index contributed by atoms with van der Waals surface area (Å²) < 4.78 is 33.6. The number of benzene rings is 1. The number of amides is 2. The Bertz CT molecular complexity index is 1640. The zero-order valence-corrected chi connectivity index (χ0v) is 28.0. The van der Waals surface area contributed by atoms with E-state index in [2.05, 4.69) is 4.98 Å². The Hall–Kier alpha value is -4.27. The summed E-state index contributed by atoms with van der Waals surface area (Å²) in [5.41, 5.74) is 0.479. The normalized spacial score (nSPS) is 18.5. The molecule has 2 aromatic heterocycles. The lowest BCUT2D eigenvalue weighted by Crippen LogP contribution is -2.58. The molecule has 2 amide bonds. The van der Waals surface area contributed by atoms with Crippen LogP contribution in [0.25, 0.3) is 10.8 Å². The molecule has 0 unspecified atom stereocenters. The second-order valence-corrected chi connectivity index (χ2v) is 12.9. The maximum Gasteiger partial charge on any atom is 0.410 e. The van der Waals surface area contributed by atoms with Gasteiger partial charge in [-0.15, -0.1) is 11.3 Å². The minimum Gasteiger partial charge on any atom is -0.496 e. The van der Waals surface area contributed by atoms with E-state index in [-0.39, 0.29) is 56.9 Å². The Balaban J connectivity index is 1.35. The Morgan fingerprint density at radius 1 is 1.12 bits per heavy atom. The van der Waals surface area contributed by atoms with Gasteiger partial charge >= 0.3 is 12.1 Å². The van der Waals surface area contributed by atoms with E-state index in [0.29, 0.717) is 58.7 Å². The summed E-state index contributed by atoms with van der Waals surface area (Å²) in [6, 6.07) is 7.57. The number of methoxy groups -OCH3 is 1. The number of hydrogen-bond acceptors (Lipinski definition) is 12. The van der Waals surface area contributed by atoms with E-state index in [9.17, 15) is 19.2 Å². The average molecular weight is 682 g/mol. The van der Waals surface area contributed by atoms with E-state index in [1.165, 1.54) is 28.7 Å². The fraction of sp³-hybridized carbons (Fsp3) is 0.500. The number of nitrogens with zero attached hydrogens (tertiary/aromatic N) is 3. The molecule has 0 bridgehead atoms. The van der Waals surface area contributed by atoms with E-state index >= 15 is 0 Å². The molecule has 3 aromatic rings. The summed E-state index contributed by atoms with van der Waals surface area (Å²) in [7, 11) is 1.60. The van der Waals surface area contributed by atoms with Crippen molar-refractivity contribution in [3.8, 4) is 16.5 Å². The zero-order chi connectivity index (χ0) is 33.8. The predicted octanol–water partition coefficient (Wildman–Crippen LogP) is 4.97. The highest BCUT2D eigenvalue weighted by Crippen LogP contribution is 2.52. The molecule has 2 fully saturated rings. The Morgan fingerprint density at radius 3 is 2.56 bits per heavy atom. The lowest BCUT2D eigenvalue weighted by atomic mass is 9.69. The van der Waals surface area contributed by atoms with Crippen LogP contribution in [0.5, 0.6) is 5.75 Å². The number of piperidine rings is 1. The first-order chi connectivity index (χ1) is 23.3. The van der Waals surface area contributed by atoms with Gasteiger partial charge in [-0.2, -0.15) is 0 Å². The Morgan fingerprint density at radius 2 is 1.88 bits per heavy atom. The highest BCUT2D eigenvalue weighted by atomic mass is 32.1. The number of ether oxygens (including phenoxy) is 5. The summed E-state index contributed by atoms with van der Waals surface area (Å²) in [4.78, 5) is 62.0. The molecule has 0 radical (unpaired) electrons. The van der Waals surface area contributed by atoms with Crippen LogP contribution in [-0.2, 0) is 28.5 Å². The van der Waals surface area contributed by atoms with Crippen molar-refractivity contribution in [1.29, 1.82) is 0 Å². The number of carbonyl (C=O) groups is 4. The largest absolute Gasteiger partial charge is 0.496 e. The van der Waals surface area contributed by atoms with Crippen LogP contribution in [0.1, 0.15) is 60.2 Å². The van der Waals surface area contributed by atoms with Crippen LogP contribution in [0.2, 0.25) is 0 Å². The van der Waals surface area contributed by atoms with Crippen molar-refractivity contribution in [2.75, 3.05) is 58.1 Å². The van der Waals surface area contributed by atoms with Crippen molar-refractivity contribution < 1.29 is 47.3 Å². The Labute approximate surface area is 282 Å². The van der Waals surface area contributed by atoms with Gasteiger partial charge in [-0.25, -0.2) is 14.6 Å². The first-order valence-corrected chi connectivity index (χ1v) is 16.9. The number of rotatable bonds is 10. The van der Waals surface area contributed by atoms with Crippen molar-refractivity contribution in [2.45, 2.75) is 51.7 Å². The number of anilines is 1. The number of oxazole rings is 1. The lowest BCUT2D eigenvalue weighted by molar-refractivity contribution is -0.146. The predicted molar refractivity (Wildman–Crippen MR) is 173 cm³/mol. The second kappa shape index (κ2) is 14.5. The molecule has 48 heavy (non-hydrogen) atoms. The number of fused-ring (bicyclic) bond motifs is 1. The number of likely N-dealkylation sites (tertiary alicyclic amines) is 1. The number of carbonyl (C=O) groups excluding carboxylic acids is 4. The summed E-state index contributed by atoms with van der Waals surface area (Å²) >= 11 is 1.29. The minimum absolute atomic E-state index is 0.0822. The third kappa shape index (κ3) is 6.43. The average Bonchev–Trinajstić information content (AvgIpc) is 3.76. The van der Waals surface area contributed by atoms with Crippen molar-refractivity contribution in [1.82, 2.24) is 9.88 Å². The molecule has 14 heteroatoms. The summed E-state index contributed by atoms with van der Waals surface area (Å²) in [5.74, 6) is -0.302. The third-order valence-electron chi connectivity index (χ3n) is 9.17. The van der Waals surface area contributed by atoms with Crippen LogP contribution in [0, 0.1) is 12.3 Å². The number of Topliss-reactive ketones (excluding diaryl/α,β-unsaturated/α-hetero) is 1. The molecule has 0 N–H and O–H groups in total. The molecule has 0 saturated carbocycles. The van der Waals surface area contributed by atoms with Crippen LogP contribution in [0.4, 0.5) is 9.80 Å². The fourth-order valence-corrected chi connectivity index (χ4v) is 7.88. The molecule has 3 aliphatic rings. The van der Waals surface area contributed by atoms with Gasteiger partial charge in [0, 0.05) is 31.9 Å². The van der Waals surface area contributed by atoms with Gasteiger partial charge in [-0.3, -0.25) is 14.5 Å². The van der Waals surface area contributed by atoms with Gasteiger partial charge in [0.05, 0.1) is 43.0 Å². The molecular weight excluding hydrogens is 642 g/mol. The van der Waals surface area contributed by atoms with Gasteiger partial charge in [0.15, 0.2) is 12.4 Å². The topological polar surface area (TPSA) is 147 Å². The number of thiophene rings is 1. The molecule has 13 nitrogen and oxygen atoms in total. The molecule has 2 saturated heterocycles. The van der Waals surface area contributed by atoms with Crippen LogP contribution in [0.3, 0.4) is 0 Å². The zero-order valence-electron chi connectivity index (χ0n) is 27.2. The van der Waals surface area contributed by atoms with Crippen LogP contribution >= 0.6 is 11.3 Å². The van der Waals surface area contributed by atoms with Crippen LogP contribution in [0.15, 0.2) is 41.1 Å². The molecule has 6 rings (SSSR count). The van der Waals surface area contributed by atoms with Gasteiger partial charge in [-0.05, 0) is 51.2 Å². The number of hydrogen-bond donors (Lipinski definition) is 0. The molecule has 5 heterocycles.